The van der Waals surface area contributed by atoms with Crippen molar-refractivity contribution in [2.24, 2.45) is 5.73 Å². The van der Waals surface area contributed by atoms with Gasteiger partial charge in [-0.1, -0.05) is 0 Å². The average molecular weight is 312 g/mol. The third-order valence-corrected chi connectivity index (χ3v) is 3.50. The van der Waals surface area contributed by atoms with Crippen molar-refractivity contribution in [3.8, 4) is 12.1 Å². The Labute approximate surface area is 129 Å². The molecule has 7 nitrogen and oxygen atoms in total. The molecule has 0 aliphatic carbocycles. The predicted octanol–water partition coefficient (Wildman–Crippen LogP) is 0.266. The number of rotatable bonds is 10. The van der Waals surface area contributed by atoms with Crippen LogP contribution in [0.3, 0.4) is 0 Å². The highest BCUT2D eigenvalue weighted by Gasteiger charge is 2.17. The van der Waals surface area contributed by atoms with Crippen LogP contribution in [0.15, 0.2) is 0 Å². The SMILES string of the molecule is CCOC(=O)C(N)CSCC(=O)N(CCC#N)CCC#N. The van der Waals surface area contributed by atoms with Gasteiger partial charge in [0.05, 0.1) is 37.3 Å². The molecule has 0 fully saturated rings. The molecule has 0 bridgehead atoms. The number of hydrogen-bond donors (Lipinski definition) is 1. The molecular formula is C13H20N4O3S. The summed E-state index contributed by atoms with van der Waals surface area (Å²) in [6.45, 7) is 2.58. The van der Waals surface area contributed by atoms with Crippen molar-refractivity contribution in [1.82, 2.24) is 4.90 Å². The molecule has 1 amide bonds. The van der Waals surface area contributed by atoms with E-state index in [0.717, 1.165) is 0 Å². The highest BCUT2D eigenvalue weighted by atomic mass is 32.2. The van der Waals surface area contributed by atoms with E-state index in [2.05, 4.69) is 0 Å². The zero-order valence-electron chi connectivity index (χ0n) is 12.1. The third kappa shape index (κ3) is 8.90. The number of ether oxygens (including phenoxy) is 1. The molecule has 2 N–H and O–H groups in total. The quantitative estimate of drug-likeness (QED) is 0.574. The van der Waals surface area contributed by atoms with Crippen molar-refractivity contribution in [3.05, 3.63) is 0 Å². The van der Waals surface area contributed by atoms with Gasteiger partial charge in [-0.25, -0.2) is 0 Å². The first kappa shape index (κ1) is 19.2. The van der Waals surface area contributed by atoms with E-state index in [9.17, 15) is 9.59 Å². The molecule has 0 aliphatic heterocycles. The molecular weight excluding hydrogens is 292 g/mol. The summed E-state index contributed by atoms with van der Waals surface area (Å²) in [4.78, 5) is 24.8. The molecule has 0 aliphatic rings. The summed E-state index contributed by atoms with van der Waals surface area (Å²) in [5.74, 6) is -0.205. The maximum absolute atomic E-state index is 12.0. The van der Waals surface area contributed by atoms with Gasteiger partial charge in [0.15, 0.2) is 0 Å². The standard InChI is InChI=1S/C13H20N4O3S/c1-2-20-13(19)11(16)9-21-10-12(18)17(7-3-5-14)8-4-6-15/h11H,2-4,7-10,16H2,1H3. The minimum absolute atomic E-state index is 0.157. The number of thioether (sulfide) groups is 1. The van der Waals surface area contributed by atoms with Gasteiger partial charge in [0.2, 0.25) is 5.91 Å². The van der Waals surface area contributed by atoms with Crippen molar-refractivity contribution in [2.75, 3.05) is 31.2 Å². The number of nitrogens with two attached hydrogens (primary N) is 1. The zero-order valence-corrected chi connectivity index (χ0v) is 12.9. The molecule has 1 atom stereocenters. The van der Waals surface area contributed by atoms with E-state index in [4.69, 9.17) is 21.0 Å². The second kappa shape index (κ2) is 12.0. The van der Waals surface area contributed by atoms with Crippen LogP contribution in [-0.2, 0) is 14.3 Å². The van der Waals surface area contributed by atoms with Crippen molar-refractivity contribution >= 4 is 23.6 Å². The number of amides is 1. The van der Waals surface area contributed by atoms with Crippen LogP contribution in [0.4, 0.5) is 0 Å². The minimum Gasteiger partial charge on any atom is -0.465 e. The van der Waals surface area contributed by atoms with Crippen LogP contribution in [0, 0.1) is 22.7 Å². The van der Waals surface area contributed by atoms with Crippen LogP contribution in [0.1, 0.15) is 19.8 Å². The summed E-state index contributed by atoms with van der Waals surface area (Å²) >= 11 is 1.24. The lowest BCUT2D eigenvalue weighted by molar-refractivity contribution is -0.144. The third-order valence-electron chi connectivity index (χ3n) is 2.45. The molecule has 0 radical (unpaired) electrons. The Morgan fingerprint density at radius 3 is 2.33 bits per heavy atom. The van der Waals surface area contributed by atoms with Gasteiger partial charge in [0, 0.05) is 18.8 Å². The molecule has 21 heavy (non-hydrogen) atoms. The highest BCUT2D eigenvalue weighted by molar-refractivity contribution is 8.00. The summed E-state index contributed by atoms with van der Waals surface area (Å²) < 4.78 is 4.77. The van der Waals surface area contributed by atoms with Gasteiger partial charge >= 0.3 is 5.97 Å². The largest absolute Gasteiger partial charge is 0.465 e. The number of carbonyl (C=O) groups is 2. The fourth-order valence-corrected chi connectivity index (χ4v) is 2.28. The molecule has 0 heterocycles. The second-order valence-electron chi connectivity index (χ2n) is 4.07. The Kier molecular flexibility index (Phi) is 11.0. The second-order valence-corrected chi connectivity index (χ2v) is 5.10. The first-order valence-electron chi connectivity index (χ1n) is 6.58. The van der Waals surface area contributed by atoms with E-state index in [1.165, 1.54) is 16.7 Å². The summed E-state index contributed by atoms with van der Waals surface area (Å²) in [6, 6.07) is 3.18. The summed E-state index contributed by atoms with van der Waals surface area (Å²) in [5, 5.41) is 17.1. The van der Waals surface area contributed by atoms with E-state index < -0.39 is 12.0 Å². The van der Waals surface area contributed by atoms with Crippen molar-refractivity contribution in [3.63, 3.8) is 0 Å². The molecule has 1 unspecified atom stereocenters. The summed E-state index contributed by atoms with van der Waals surface area (Å²) in [5.41, 5.74) is 5.62. The molecule has 0 saturated carbocycles. The molecule has 0 aromatic heterocycles. The molecule has 8 heteroatoms. The molecule has 0 saturated heterocycles. The number of esters is 1. The minimum atomic E-state index is -0.755. The maximum Gasteiger partial charge on any atom is 0.323 e. The van der Waals surface area contributed by atoms with Gasteiger partial charge in [-0.15, -0.1) is 11.8 Å². The van der Waals surface area contributed by atoms with Crippen LogP contribution in [-0.4, -0.2) is 54.0 Å². The predicted molar refractivity (Wildman–Crippen MR) is 79.0 cm³/mol. The van der Waals surface area contributed by atoms with Gasteiger partial charge in [-0.05, 0) is 6.92 Å². The zero-order chi connectivity index (χ0) is 16.1. The molecule has 0 spiro atoms. The van der Waals surface area contributed by atoms with Crippen LogP contribution < -0.4 is 5.73 Å². The fraction of sp³-hybridized carbons (Fsp3) is 0.692. The van der Waals surface area contributed by atoms with Crippen molar-refractivity contribution in [2.45, 2.75) is 25.8 Å². The monoisotopic (exact) mass is 312 g/mol. The molecule has 0 rings (SSSR count). The van der Waals surface area contributed by atoms with Crippen LogP contribution in [0.5, 0.6) is 0 Å². The van der Waals surface area contributed by atoms with Crippen LogP contribution >= 0.6 is 11.8 Å². The number of nitrogens with zero attached hydrogens (tertiary/aromatic N) is 3. The van der Waals surface area contributed by atoms with E-state index in [0.29, 0.717) is 13.1 Å². The fourth-order valence-electron chi connectivity index (χ4n) is 1.41. The van der Waals surface area contributed by atoms with Crippen molar-refractivity contribution < 1.29 is 14.3 Å². The Hall–Kier alpha value is -1.77. The van der Waals surface area contributed by atoms with E-state index in [-0.39, 0.29) is 36.9 Å². The smallest absolute Gasteiger partial charge is 0.323 e. The van der Waals surface area contributed by atoms with Gasteiger partial charge < -0.3 is 15.4 Å². The van der Waals surface area contributed by atoms with Crippen LogP contribution in [0.2, 0.25) is 0 Å². The number of carbonyl (C=O) groups excluding carboxylic acids is 2. The summed E-state index contributed by atoms with van der Waals surface area (Å²) in [6.07, 6.45) is 0.453. The lowest BCUT2D eigenvalue weighted by atomic mass is 10.3. The Bertz CT molecular complexity index is 399. The Morgan fingerprint density at radius 1 is 1.29 bits per heavy atom. The van der Waals surface area contributed by atoms with Gasteiger partial charge in [0.25, 0.3) is 0 Å². The van der Waals surface area contributed by atoms with E-state index >= 15 is 0 Å². The molecule has 0 aromatic rings. The lowest BCUT2D eigenvalue weighted by Gasteiger charge is -2.20. The van der Waals surface area contributed by atoms with E-state index in [1.54, 1.807) is 6.92 Å². The highest BCUT2D eigenvalue weighted by Crippen LogP contribution is 2.06. The van der Waals surface area contributed by atoms with E-state index in [1.807, 2.05) is 12.1 Å². The molecule has 116 valence electrons. The Balaban J connectivity index is 4.15. The maximum atomic E-state index is 12.0. The van der Waals surface area contributed by atoms with Gasteiger partial charge in [-0.3, -0.25) is 9.59 Å². The summed E-state index contributed by atoms with van der Waals surface area (Å²) in [7, 11) is 0. The lowest BCUT2D eigenvalue weighted by Crippen LogP contribution is -2.37. The number of hydrogen-bond acceptors (Lipinski definition) is 7. The topological polar surface area (TPSA) is 120 Å². The first-order chi connectivity index (χ1) is 10.1. The normalized spacial score (nSPS) is 11.0. The molecule has 0 aromatic carbocycles. The Morgan fingerprint density at radius 2 is 1.86 bits per heavy atom. The first-order valence-corrected chi connectivity index (χ1v) is 7.73. The average Bonchev–Trinajstić information content (AvgIpc) is 2.47. The van der Waals surface area contributed by atoms with Gasteiger partial charge in [-0.2, -0.15) is 10.5 Å². The van der Waals surface area contributed by atoms with Gasteiger partial charge in [0.1, 0.15) is 6.04 Å². The number of nitriles is 2. The van der Waals surface area contributed by atoms with Crippen LogP contribution in [0.25, 0.3) is 0 Å². The van der Waals surface area contributed by atoms with Crippen molar-refractivity contribution in [1.29, 1.82) is 10.5 Å².